The van der Waals surface area contributed by atoms with Crippen molar-refractivity contribution < 1.29 is 13.9 Å². The summed E-state index contributed by atoms with van der Waals surface area (Å²) >= 11 is 5.92. The van der Waals surface area contributed by atoms with Crippen molar-refractivity contribution in [3.63, 3.8) is 0 Å². The fourth-order valence-electron chi connectivity index (χ4n) is 5.81. The summed E-state index contributed by atoms with van der Waals surface area (Å²) in [6, 6.07) is 7.12. The minimum Gasteiger partial charge on any atom is -0.384 e. The van der Waals surface area contributed by atoms with Crippen molar-refractivity contribution >= 4 is 17.4 Å². The number of hydrazone groups is 1. The number of aliphatic hydroxyl groups is 1. The van der Waals surface area contributed by atoms with Crippen molar-refractivity contribution in [2.24, 2.45) is 33.9 Å². The lowest BCUT2D eigenvalue weighted by Gasteiger charge is -2.43. The zero-order valence-corrected chi connectivity index (χ0v) is 21.3. The van der Waals surface area contributed by atoms with E-state index in [0.717, 1.165) is 44.1 Å². The molecule has 0 heterocycles. The Kier molecular flexibility index (Phi) is 8.31. The van der Waals surface area contributed by atoms with Crippen LogP contribution in [0.5, 0.6) is 0 Å². The van der Waals surface area contributed by atoms with E-state index in [-0.39, 0.29) is 11.8 Å². The molecule has 3 rings (SSSR count). The normalized spacial score (nSPS) is 27.2. The fraction of sp³-hybridized carbons (Fsp3) is 0.654. The largest absolute Gasteiger partial charge is 0.384 e. The second-order valence-electron chi connectivity index (χ2n) is 10.7. The van der Waals surface area contributed by atoms with Gasteiger partial charge in [-0.1, -0.05) is 30.2 Å². The highest BCUT2D eigenvalue weighted by atomic mass is 35.5. The van der Waals surface area contributed by atoms with E-state index in [4.69, 9.17) is 23.2 Å². The Labute approximate surface area is 207 Å². The molecule has 34 heavy (non-hydrogen) atoms. The lowest BCUT2D eigenvalue weighted by molar-refractivity contribution is -0.166. The van der Waals surface area contributed by atoms with Crippen molar-refractivity contribution in [2.45, 2.75) is 83.7 Å². The Morgan fingerprint density at radius 1 is 1.29 bits per heavy atom. The van der Waals surface area contributed by atoms with Crippen molar-refractivity contribution in [3.05, 3.63) is 46.5 Å². The van der Waals surface area contributed by atoms with Gasteiger partial charge in [-0.05, 0) is 100 Å². The molecule has 0 bridgehead atoms. The molecule has 0 aliphatic heterocycles. The van der Waals surface area contributed by atoms with Gasteiger partial charge in [0.15, 0.2) is 5.84 Å². The molecule has 1 aromatic rings. The third-order valence-electron chi connectivity index (χ3n) is 8.02. The van der Waals surface area contributed by atoms with Crippen molar-refractivity contribution in [1.82, 2.24) is 5.12 Å². The Morgan fingerprint density at radius 2 is 1.97 bits per heavy atom. The van der Waals surface area contributed by atoms with E-state index in [1.165, 1.54) is 24.5 Å². The highest BCUT2D eigenvalue weighted by Crippen LogP contribution is 2.58. The first-order chi connectivity index (χ1) is 15.8. The van der Waals surface area contributed by atoms with E-state index < -0.39 is 11.5 Å². The van der Waals surface area contributed by atoms with Crippen LogP contribution in [0.1, 0.15) is 77.7 Å². The van der Waals surface area contributed by atoms with E-state index >= 15 is 0 Å². The summed E-state index contributed by atoms with van der Waals surface area (Å²) in [4.78, 5) is 0. The standard InChI is InChI=1S/C26H39ClF2N4O/c1-24(2,34)26(28,29)16-5-7-20-10-13-22-18(6-4-15-25(20,22)3)14-17-33(31)32-23(30)19-8-11-21(27)12-9-19/h8-9,11-12,14,20,22,34H,4-7,10,13,15-17,31H2,1-3H3,(H2,30,32)/b18-14+. The molecule has 0 aromatic heterocycles. The molecule has 190 valence electrons. The minimum atomic E-state index is -3.07. The molecule has 5 N–H and O–H groups in total. The Hall–Kier alpha value is -1.70. The van der Waals surface area contributed by atoms with E-state index in [1.807, 2.05) is 0 Å². The number of amidine groups is 1. The molecule has 2 saturated carbocycles. The second kappa shape index (κ2) is 10.5. The average Bonchev–Trinajstić information content (AvgIpc) is 3.08. The molecule has 2 aliphatic carbocycles. The number of rotatable bonds is 9. The number of hydrazine groups is 1. The van der Waals surface area contributed by atoms with E-state index in [2.05, 4.69) is 18.1 Å². The summed E-state index contributed by atoms with van der Waals surface area (Å²) in [6.07, 6.45) is 8.49. The minimum absolute atomic E-state index is 0.124. The van der Waals surface area contributed by atoms with Gasteiger partial charge in [0.1, 0.15) is 5.60 Å². The van der Waals surface area contributed by atoms with E-state index in [9.17, 15) is 13.9 Å². The molecular weight excluding hydrogens is 458 g/mol. The van der Waals surface area contributed by atoms with Crippen LogP contribution in [0.15, 0.2) is 41.0 Å². The van der Waals surface area contributed by atoms with Gasteiger partial charge in [-0.2, -0.15) is 0 Å². The Morgan fingerprint density at radius 3 is 2.62 bits per heavy atom. The summed E-state index contributed by atoms with van der Waals surface area (Å²) in [5.41, 5.74) is 6.37. The van der Waals surface area contributed by atoms with Crippen LogP contribution in [0.4, 0.5) is 8.78 Å². The number of hydrogen-bond acceptors (Lipinski definition) is 4. The molecule has 8 heteroatoms. The van der Waals surface area contributed by atoms with Crippen LogP contribution in [0.2, 0.25) is 5.02 Å². The lowest BCUT2D eigenvalue weighted by Crippen LogP contribution is -2.42. The molecule has 2 fully saturated rings. The van der Waals surface area contributed by atoms with Crippen LogP contribution < -0.4 is 11.6 Å². The molecule has 2 aliphatic rings. The van der Waals surface area contributed by atoms with Crippen LogP contribution in [-0.2, 0) is 0 Å². The first-order valence-electron chi connectivity index (χ1n) is 12.2. The number of nitrogens with zero attached hydrogens (tertiary/aromatic N) is 2. The molecular formula is C26H39ClF2N4O. The van der Waals surface area contributed by atoms with Crippen LogP contribution in [-0.4, -0.2) is 34.1 Å². The van der Waals surface area contributed by atoms with Gasteiger partial charge in [0.2, 0.25) is 0 Å². The maximum absolute atomic E-state index is 14.2. The number of halogens is 3. The number of allylic oxidation sites excluding steroid dienone is 1. The molecule has 0 spiro atoms. The van der Waals surface area contributed by atoms with Crippen molar-refractivity contribution in [2.75, 3.05) is 6.54 Å². The summed E-state index contributed by atoms with van der Waals surface area (Å²) in [5.74, 6) is 4.24. The number of alkyl halides is 2. The summed E-state index contributed by atoms with van der Waals surface area (Å²) in [6.45, 7) is 5.16. The van der Waals surface area contributed by atoms with Crippen molar-refractivity contribution in [3.8, 4) is 0 Å². The molecule has 0 saturated heterocycles. The predicted molar refractivity (Wildman–Crippen MR) is 134 cm³/mol. The Bertz CT molecular complexity index is 897. The molecule has 3 unspecified atom stereocenters. The highest BCUT2D eigenvalue weighted by Gasteiger charge is 2.49. The average molecular weight is 497 g/mol. The van der Waals surface area contributed by atoms with Gasteiger partial charge in [0, 0.05) is 17.0 Å². The first-order valence-corrected chi connectivity index (χ1v) is 12.6. The van der Waals surface area contributed by atoms with Crippen LogP contribution in [0, 0.1) is 17.3 Å². The number of benzene rings is 1. The van der Waals surface area contributed by atoms with Crippen LogP contribution >= 0.6 is 11.6 Å². The predicted octanol–water partition coefficient (Wildman–Crippen LogP) is 5.86. The monoisotopic (exact) mass is 496 g/mol. The van der Waals surface area contributed by atoms with Gasteiger partial charge in [-0.3, -0.25) is 0 Å². The van der Waals surface area contributed by atoms with Gasteiger partial charge >= 0.3 is 0 Å². The molecule has 0 amide bonds. The van der Waals surface area contributed by atoms with Gasteiger partial charge in [-0.25, -0.2) is 19.7 Å². The summed E-state index contributed by atoms with van der Waals surface area (Å²) < 4.78 is 28.4. The van der Waals surface area contributed by atoms with Gasteiger partial charge in [-0.15, -0.1) is 5.10 Å². The van der Waals surface area contributed by atoms with Crippen molar-refractivity contribution in [1.29, 1.82) is 0 Å². The molecule has 3 atom stereocenters. The van der Waals surface area contributed by atoms with Crippen LogP contribution in [0.25, 0.3) is 0 Å². The van der Waals surface area contributed by atoms with Gasteiger partial charge in [0.05, 0.1) is 6.54 Å². The maximum Gasteiger partial charge on any atom is 0.275 e. The number of hydrogen-bond donors (Lipinski definition) is 3. The quantitative estimate of drug-likeness (QED) is 0.131. The third-order valence-corrected chi connectivity index (χ3v) is 8.27. The lowest BCUT2D eigenvalue weighted by atomic mass is 9.62. The number of fused-ring (bicyclic) bond motifs is 1. The fourth-order valence-corrected chi connectivity index (χ4v) is 5.94. The SMILES string of the molecule is CC12CCC/C(=C\CN(N)/N=C(\N)c3ccc(Cl)cc3)C1CCC2CCCC(F)(F)C(C)(C)O. The maximum atomic E-state index is 14.2. The first kappa shape index (κ1) is 26.9. The zero-order valence-electron chi connectivity index (χ0n) is 20.5. The zero-order chi connectivity index (χ0) is 25.1. The summed E-state index contributed by atoms with van der Waals surface area (Å²) in [5, 5.41) is 16.0. The van der Waals surface area contributed by atoms with Crippen LogP contribution in [0.3, 0.4) is 0 Å². The number of nitrogens with two attached hydrogens (primary N) is 2. The Balaban J connectivity index is 1.60. The second-order valence-corrected chi connectivity index (χ2v) is 11.2. The third kappa shape index (κ3) is 6.10. The molecule has 5 nitrogen and oxygen atoms in total. The van der Waals surface area contributed by atoms with Gasteiger partial charge in [0.25, 0.3) is 5.92 Å². The highest BCUT2D eigenvalue weighted by molar-refractivity contribution is 6.30. The topological polar surface area (TPSA) is 87.9 Å². The summed E-state index contributed by atoms with van der Waals surface area (Å²) in [7, 11) is 0. The smallest absolute Gasteiger partial charge is 0.275 e. The van der Waals surface area contributed by atoms with E-state index in [1.54, 1.807) is 24.3 Å². The van der Waals surface area contributed by atoms with Gasteiger partial charge < -0.3 is 10.8 Å². The molecule has 0 radical (unpaired) electrons. The van der Waals surface area contributed by atoms with E-state index in [0.29, 0.717) is 35.7 Å². The molecule has 1 aromatic carbocycles.